The van der Waals surface area contributed by atoms with Crippen molar-refractivity contribution in [2.45, 2.75) is 505 Å². The Morgan fingerprint density at radius 1 is 0.134 bits per heavy atom. The molecule has 8 fully saturated rings. The Bertz CT molecular complexity index is 3740. The predicted molar refractivity (Wildman–Crippen MR) is 594 cm³/mol. The number of rotatable bonds is 30. The smallest absolute Gasteiger partial charge is 0.0162 e. The highest BCUT2D eigenvalue weighted by Crippen LogP contribution is 2.46. The van der Waals surface area contributed by atoms with Crippen molar-refractivity contribution in [3.05, 3.63) is 283 Å². The van der Waals surface area contributed by atoms with Crippen LogP contribution >= 0.6 is 0 Å². The molecule has 8 aliphatic carbocycles. The summed E-state index contributed by atoms with van der Waals surface area (Å²) >= 11 is 0. The minimum atomic E-state index is 0.841. The zero-order valence-electron chi connectivity index (χ0n) is 89.9. The van der Waals surface area contributed by atoms with Crippen LogP contribution in [0.5, 0.6) is 0 Å². The monoisotopic (exact) mass is 1810 g/mol. The lowest BCUT2D eigenvalue weighted by Crippen LogP contribution is -2.13. The van der Waals surface area contributed by atoms with Crippen molar-refractivity contribution in [2.24, 2.45) is 47.3 Å². The third-order valence-corrected chi connectivity index (χ3v) is 34.5. The molecule has 8 aliphatic rings. The van der Waals surface area contributed by atoms with Gasteiger partial charge in [-0.2, -0.15) is 0 Å². The van der Waals surface area contributed by atoms with Crippen LogP contribution in [0.3, 0.4) is 0 Å². The maximum absolute atomic E-state index is 2.34. The first-order valence-corrected chi connectivity index (χ1v) is 57.9. The molecule has 0 aliphatic heterocycles. The highest BCUT2D eigenvalue weighted by Gasteiger charge is 2.30. The van der Waals surface area contributed by atoms with Gasteiger partial charge in [-0.15, -0.1) is 0 Å². The predicted octanol–water partition coefficient (Wildman–Crippen LogP) is 42.9. The highest BCUT2D eigenvalue weighted by molar-refractivity contribution is 5.32. The van der Waals surface area contributed by atoms with Crippen LogP contribution in [-0.4, -0.2) is 0 Å². The van der Waals surface area contributed by atoms with Crippen LogP contribution in [0.1, 0.15) is 538 Å². The summed E-state index contributed by atoms with van der Waals surface area (Å²) in [7, 11) is 0. The summed E-state index contributed by atoms with van der Waals surface area (Å²) in [6, 6.07) is 73.6. The molecule has 740 valence electrons. The van der Waals surface area contributed by atoms with Crippen molar-refractivity contribution < 1.29 is 0 Å². The van der Waals surface area contributed by atoms with Gasteiger partial charge in [0.05, 0.1) is 0 Å². The molecule has 0 saturated heterocycles. The molecule has 0 bridgehead atoms. The topological polar surface area (TPSA) is 0 Å². The summed E-state index contributed by atoms with van der Waals surface area (Å²) in [5, 5.41) is 0. The zero-order valence-corrected chi connectivity index (χ0v) is 89.9. The minimum absolute atomic E-state index is 0.841. The number of unbranched alkanes of at least 4 members (excludes halogenated alkanes) is 7. The van der Waals surface area contributed by atoms with Gasteiger partial charge in [0, 0.05) is 0 Å². The molecule has 0 aromatic heterocycles. The average molecular weight is 1820 g/mol. The lowest BCUT2D eigenvalue weighted by atomic mass is 9.77. The lowest BCUT2D eigenvalue weighted by molar-refractivity contribution is 0.303. The second kappa shape index (κ2) is 64.9. The van der Waals surface area contributed by atoms with E-state index < -0.39 is 0 Å². The van der Waals surface area contributed by atoms with E-state index in [1.807, 2.05) is 0 Å². The molecule has 16 rings (SSSR count). The van der Waals surface area contributed by atoms with Crippen molar-refractivity contribution in [1.82, 2.24) is 0 Å². The van der Waals surface area contributed by atoms with Gasteiger partial charge in [0.15, 0.2) is 0 Å². The average Bonchev–Trinajstić information content (AvgIpc) is 0.902. The van der Waals surface area contributed by atoms with Crippen LogP contribution < -0.4 is 0 Å². The van der Waals surface area contributed by atoms with Crippen molar-refractivity contribution in [3.8, 4) is 0 Å². The summed E-state index contributed by atoms with van der Waals surface area (Å²) < 4.78 is 0. The van der Waals surface area contributed by atoms with Crippen LogP contribution in [-0.2, 0) is 0 Å². The van der Waals surface area contributed by atoms with Gasteiger partial charge >= 0.3 is 0 Å². The summed E-state index contributed by atoms with van der Waals surface area (Å²) in [5.74, 6) is 14.9. The van der Waals surface area contributed by atoms with Crippen molar-refractivity contribution in [3.63, 3.8) is 0 Å². The fraction of sp³-hybridized carbons (Fsp3) is 0.642. The molecule has 8 aromatic rings. The van der Waals surface area contributed by atoms with E-state index in [-0.39, 0.29) is 0 Å². The normalized spacial score (nSPS) is 25.0. The van der Waals surface area contributed by atoms with Crippen LogP contribution in [0, 0.1) is 103 Å². The molecule has 0 heterocycles. The van der Waals surface area contributed by atoms with Crippen LogP contribution in [0.15, 0.2) is 194 Å². The molecule has 0 unspecified atom stereocenters. The number of benzene rings is 8. The van der Waals surface area contributed by atoms with Crippen LogP contribution in [0.2, 0.25) is 0 Å². The Hall–Kier alpha value is -6.24. The van der Waals surface area contributed by atoms with Gasteiger partial charge in [0.1, 0.15) is 0 Å². The molecule has 0 atom stereocenters. The molecule has 8 saturated carbocycles. The van der Waals surface area contributed by atoms with Crippen molar-refractivity contribution in [1.29, 1.82) is 0 Å². The molecule has 0 nitrogen and oxygen atoms in total. The third kappa shape index (κ3) is 42.0. The van der Waals surface area contributed by atoms with E-state index in [0.717, 1.165) is 94.7 Å². The second-order valence-electron chi connectivity index (χ2n) is 45.4. The van der Waals surface area contributed by atoms with E-state index in [1.54, 1.807) is 44.5 Å². The van der Waals surface area contributed by atoms with Gasteiger partial charge in [-0.3, -0.25) is 0 Å². The number of hydrogen-bond acceptors (Lipinski definition) is 0. The van der Waals surface area contributed by atoms with Crippen LogP contribution in [0.25, 0.3) is 0 Å². The van der Waals surface area contributed by atoms with Gasteiger partial charge in [0.25, 0.3) is 0 Å². The van der Waals surface area contributed by atoms with Crippen LogP contribution in [0.4, 0.5) is 0 Å². The highest BCUT2D eigenvalue weighted by atomic mass is 14.3. The first kappa shape index (κ1) is 111. The molecular formula is C134H204. The molecule has 0 heteroatoms. The van der Waals surface area contributed by atoms with E-state index in [9.17, 15) is 0 Å². The van der Waals surface area contributed by atoms with Gasteiger partial charge in [-0.1, -0.05) is 435 Å². The Kier molecular flexibility index (Phi) is 53.9. The Morgan fingerprint density at radius 2 is 0.261 bits per heavy atom. The molecule has 0 N–H and O–H groups in total. The molecule has 0 spiro atoms. The molecule has 0 amide bonds. The summed E-state index contributed by atoms with van der Waals surface area (Å²) in [5.41, 5.74) is 23.6. The first-order chi connectivity index (χ1) is 65.3. The minimum Gasteiger partial charge on any atom is -0.0654 e. The Balaban J connectivity index is 0.000000172. The summed E-state index contributed by atoms with van der Waals surface area (Å²) in [6.45, 7) is 35.8. The van der Waals surface area contributed by atoms with E-state index in [2.05, 4.69) is 305 Å². The SMILES string of the molecule is CCC1CCC(c2ccc(C)cc2)CC1.CCCC1CCC(c2ccc(C)cc2)CC1.CCCCC1CCC(c2ccc(C)cc2)CC1.CCCCC1CCC(c2ccc(C)cc2)CC1.CCCCC1CCC(c2ccc(C)cc2)CC1.CCCCC1CCC(c2ccc(C)cc2)CC1.CCCCC1CCC(c2ccc(C)cc2)CC1.CCCCCC1CCC(c2ccc(C)cc2)CC1. The fourth-order valence-electron chi connectivity index (χ4n) is 24.7. The summed E-state index contributed by atoms with van der Waals surface area (Å²) in [4.78, 5) is 0. The van der Waals surface area contributed by atoms with E-state index >= 15 is 0 Å². The Morgan fingerprint density at radius 3 is 0.388 bits per heavy atom. The molecule has 0 radical (unpaired) electrons. The maximum atomic E-state index is 2.34. The maximum Gasteiger partial charge on any atom is -0.0162 e. The third-order valence-electron chi connectivity index (χ3n) is 34.5. The quantitative estimate of drug-likeness (QED) is 0.0394. The van der Waals surface area contributed by atoms with Gasteiger partial charge < -0.3 is 0 Å². The number of hydrogen-bond donors (Lipinski definition) is 0. The molecule has 8 aromatic carbocycles. The van der Waals surface area contributed by atoms with Gasteiger partial charge in [-0.25, -0.2) is 0 Å². The second-order valence-corrected chi connectivity index (χ2v) is 45.4. The van der Waals surface area contributed by atoms with E-state index in [4.69, 9.17) is 0 Å². The van der Waals surface area contributed by atoms with Gasteiger partial charge in [-0.05, 0) is 400 Å². The van der Waals surface area contributed by atoms with E-state index in [0.29, 0.717) is 0 Å². The summed E-state index contributed by atoms with van der Waals surface area (Å²) in [6.07, 6.45) is 77.1. The van der Waals surface area contributed by atoms with Crippen molar-refractivity contribution in [2.75, 3.05) is 0 Å². The Labute approximate surface area is 829 Å². The fourth-order valence-corrected chi connectivity index (χ4v) is 24.7. The zero-order chi connectivity index (χ0) is 95.3. The molecular weight excluding hydrogens is 1610 g/mol. The lowest BCUT2D eigenvalue weighted by Gasteiger charge is -2.29. The standard InChI is InChI=1S/C18H28.5C17H26.C16H24.C15H22/c1-3-4-5-6-16-9-13-18(14-10-16)17-11-7-15(2)8-12-17;5*1-3-4-5-15-8-12-17(13-9-15)16-10-6-14(2)7-11-16;1-3-4-14-7-11-16(12-8-14)15-9-5-13(2)6-10-15;1-3-13-6-10-15(11-7-13)14-8-4-12(2)5-9-14/h7-8,11-12,16,18H,3-6,9-10,13-14H2,1-2H3;5*6-7,10-11,15,17H,3-5,8-9,12-13H2,1-2H3;5-6,9-10,14,16H,3-4,7-8,11-12H2,1-2H3;4-5,8-9,13,15H,3,6-7,10-11H2,1-2H3. The van der Waals surface area contributed by atoms with Crippen molar-refractivity contribution >= 4 is 0 Å². The van der Waals surface area contributed by atoms with Gasteiger partial charge in [0.2, 0.25) is 0 Å². The van der Waals surface area contributed by atoms with E-state index in [1.165, 1.54) is 391 Å². The number of aryl methyl sites for hydroxylation is 8. The molecule has 134 heavy (non-hydrogen) atoms. The first-order valence-electron chi connectivity index (χ1n) is 57.9. The largest absolute Gasteiger partial charge is 0.0654 e.